The van der Waals surface area contributed by atoms with E-state index in [9.17, 15) is 0 Å². The van der Waals surface area contributed by atoms with Crippen molar-refractivity contribution in [2.75, 3.05) is 0 Å². The molecular weight excluding hydrogens is 294 g/mol. The summed E-state index contributed by atoms with van der Waals surface area (Å²) in [5.74, 6) is 0. The summed E-state index contributed by atoms with van der Waals surface area (Å²) in [5, 5.41) is 4.19. The lowest BCUT2D eigenvalue weighted by molar-refractivity contribution is 0.738. The number of hydrogen-bond donors (Lipinski definition) is 2. The van der Waals surface area contributed by atoms with E-state index in [1.54, 1.807) is 0 Å². The highest BCUT2D eigenvalue weighted by atomic mass is 35.5. The lowest BCUT2D eigenvalue weighted by Gasteiger charge is -2.16. The minimum atomic E-state index is 0.0221. The molecule has 1 atom stereocenters. The van der Waals surface area contributed by atoms with Gasteiger partial charge >= 0.3 is 0 Å². The molecule has 1 saturated carbocycles. The Morgan fingerprint density at radius 2 is 2.05 bits per heavy atom. The van der Waals surface area contributed by atoms with E-state index in [2.05, 4.69) is 18.8 Å². The van der Waals surface area contributed by atoms with Crippen LogP contribution in [0.25, 0.3) is 0 Å². The summed E-state index contributed by atoms with van der Waals surface area (Å²) in [6.07, 6.45) is 4.23. The van der Waals surface area contributed by atoms with Crippen LogP contribution < -0.4 is 11.1 Å². The fourth-order valence-corrected chi connectivity index (χ4v) is 2.92. The maximum absolute atomic E-state index is 6.39. The minimum absolute atomic E-state index is 0.0221. The normalized spacial score (nSPS) is 25.5. The van der Waals surface area contributed by atoms with Crippen LogP contribution in [0.3, 0.4) is 0 Å². The first-order valence-electron chi connectivity index (χ1n) is 7.88. The number of nitrogens with one attached hydrogen (secondary N) is 1. The van der Waals surface area contributed by atoms with Gasteiger partial charge in [0, 0.05) is 16.3 Å². The molecule has 3 N–H and O–H groups in total. The van der Waals surface area contributed by atoms with Crippen LogP contribution >= 0.6 is 11.6 Å². The van der Waals surface area contributed by atoms with Crippen LogP contribution in [0.1, 0.15) is 44.2 Å². The number of hydrogen-bond acceptors (Lipinski definition) is 3. The topological polar surface area (TPSA) is 50.4 Å². The molecule has 4 heteroatoms. The number of allylic oxidation sites excluding steroid dienone is 2. The highest BCUT2D eigenvalue weighted by molar-refractivity contribution is 6.30. The van der Waals surface area contributed by atoms with E-state index in [0.29, 0.717) is 6.04 Å². The molecule has 0 spiro atoms. The van der Waals surface area contributed by atoms with Gasteiger partial charge in [-0.1, -0.05) is 43.7 Å². The molecule has 0 amide bonds. The van der Waals surface area contributed by atoms with Gasteiger partial charge in [-0.25, -0.2) is 0 Å². The molecule has 0 radical (unpaired) electrons. The molecule has 2 aliphatic rings. The molecule has 0 bridgehead atoms. The molecule has 1 unspecified atom stereocenters. The summed E-state index contributed by atoms with van der Waals surface area (Å²) in [6.45, 7) is 6.28. The summed E-state index contributed by atoms with van der Waals surface area (Å²) in [5.41, 5.74) is 11.4. The summed E-state index contributed by atoms with van der Waals surface area (Å²) in [7, 11) is 0. The van der Waals surface area contributed by atoms with Gasteiger partial charge in [0.2, 0.25) is 0 Å². The van der Waals surface area contributed by atoms with Crippen molar-refractivity contribution >= 4 is 17.3 Å². The van der Waals surface area contributed by atoms with Crippen LogP contribution in [-0.4, -0.2) is 11.8 Å². The summed E-state index contributed by atoms with van der Waals surface area (Å²) in [4.78, 5) is 4.84. The van der Waals surface area contributed by atoms with Crippen LogP contribution in [0, 0.1) is 0 Å². The molecule has 1 aliphatic heterocycles. The zero-order chi connectivity index (χ0) is 15.7. The van der Waals surface area contributed by atoms with Crippen molar-refractivity contribution in [2.45, 2.75) is 44.7 Å². The fraction of sp³-hybridized carbons (Fsp3) is 0.389. The van der Waals surface area contributed by atoms with Crippen molar-refractivity contribution in [2.24, 2.45) is 10.7 Å². The third-order valence-corrected chi connectivity index (χ3v) is 4.33. The summed E-state index contributed by atoms with van der Waals surface area (Å²) < 4.78 is 0. The first-order chi connectivity index (χ1) is 10.6. The van der Waals surface area contributed by atoms with Gasteiger partial charge in [-0.2, -0.15) is 0 Å². The SMILES string of the molecule is C=C1NC(c2ccc(Cl)cc2)C(=C(N)CCC)C1=NC1CC1. The predicted molar refractivity (Wildman–Crippen MR) is 93.0 cm³/mol. The molecular formula is C18H22ClN3. The van der Waals surface area contributed by atoms with Crippen molar-refractivity contribution in [3.05, 3.63) is 58.4 Å². The van der Waals surface area contributed by atoms with Gasteiger partial charge in [-0.3, -0.25) is 4.99 Å². The Bertz CT molecular complexity index is 639. The minimum Gasteiger partial charge on any atom is -0.402 e. The van der Waals surface area contributed by atoms with Crippen molar-refractivity contribution in [1.29, 1.82) is 0 Å². The van der Waals surface area contributed by atoms with Crippen LogP contribution in [0.15, 0.2) is 52.8 Å². The molecule has 1 aromatic carbocycles. The monoisotopic (exact) mass is 315 g/mol. The van der Waals surface area contributed by atoms with Crippen molar-refractivity contribution < 1.29 is 0 Å². The second-order valence-electron chi connectivity index (χ2n) is 6.01. The van der Waals surface area contributed by atoms with E-state index in [1.165, 1.54) is 12.8 Å². The molecule has 116 valence electrons. The number of aliphatic imine (C=N–C) groups is 1. The lowest BCUT2D eigenvalue weighted by Crippen LogP contribution is -2.15. The molecule has 1 heterocycles. The van der Waals surface area contributed by atoms with Crippen LogP contribution in [0.4, 0.5) is 0 Å². The van der Waals surface area contributed by atoms with Crippen molar-refractivity contribution in [1.82, 2.24) is 5.32 Å². The van der Waals surface area contributed by atoms with Gasteiger partial charge in [0.1, 0.15) is 0 Å². The summed E-state index contributed by atoms with van der Waals surface area (Å²) in [6, 6.07) is 8.35. The van der Waals surface area contributed by atoms with E-state index in [4.69, 9.17) is 22.3 Å². The first-order valence-corrected chi connectivity index (χ1v) is 8.26. The third kappa shape index (κ3) is 3.05. The maximum Gasteiger partial charge on any atom is 0.0876 e. The smallest absolute Gasteiger partial charge is 0.0876 e. The number of rotatable bonds is 4. The molecule has 3 nitrogen and oxygen atoms in total. The Morgan fingerprint density at radius 3 is 2.64 bits per heavy atom. The Kier molecular flexibility index (Phi) is 4.25. The van der Waals surface area contributed by atoms with Gasteiger partial charge in [0.05, 0.1) is 23.5 Å². The largest absolute Gasteiger partial charge is 0.402 e. The second kappa shape index (κ2) is 6.17. The number of benzene rings is 1. The zero-order valence-corrected chi connectivity index (χ0v) is 13.7. The Morgan fingerprint density at radius 1 is 1.36 bits per heavy atom. The third-order valence-electron chi connectivity index (χ3n) is 4.08. The molecule has 2 fully saturated rings. The van der Waals surface area contributed by atoms with Crippen molar-refractivity contribution in [3.63, 3.8) is 0 Å². The van der Waals surface area contributed by atoms with Crippen molar-refractivity contribution in [3.8, 4) is 0 Å². The van der Waals surface area contributed by atoms with Gasteiger partial charge < -0.3 is 11.1 Å². The summed E-state index contributed by atoms with van der Waals surface area (Å²) >= 11 is 6.00. The Labute approximate surface area is 137 Å². The van der Waals surface area contributed by atoms with Crippen LogP contribution in [0.5, 0.6) is 0 Å². The van der Waals surface area contributed by atoms with Gasteiger partial charge in [-0.05, 0) is 37.0 Å². The number of nitrogens with two attached hydrogens (primary N) is 1. The maximum atomic E-state index is 6.39. The average molecular weight is 316 g/mol. The zero-order valence-electron chi connectivity index (χ0n) is 12.9. The van der Waals surface area contributed by atoms with E-state index >= 15 is 0 Å². The van der Waals surface area contributed by atoms with E-state index in [0.717, 1.165) is 46.1 Å². The van der Waals surface area contributed by atoms with Gasteiger partial charge in [0.15, 0.2) is 0 Å². The highest BCUT2D eigenvalue weighted by Gasteiger charge is 2.34. The average Bonchev–Trinajstić information content (AvgIpc) is 3.24. The number of halogens is 1. The van der Waals surface area contributed by atoms with Gasteiger partial charge in [0.25, 0.3) is 0 Å². The predicted octanol–water partition coefficient (Wildman–Crippen LogP) is 4.11. The second-order valence-corrected chi connectivity index (χ2v) is 6.44. The van der Waals surface area contributed by atoms with E-state index in [-0.39, 0.29) is 6.04 Å². The molecule has 1 aromatic rings. The molecule has 1 saturated heterocycles. The molecule has 0 aromatic heterocycles. The Hall–Kier alpha value is -1.74. The molecule has 3 rings (SSSR count). The fourth-order valence-electron chi connectivity index (χ4n) is 2.79. The molecule has 22 heavy (non-hydrogen) atoms. The van der Waals surface area contributed by atoms with E-state index < -0.39 is 0 Å². The highest BCUT2D eigenvalue weighted by Crippen LogP contribution is 2.36. The molecule has 1 aliphatic carbocycles. The quantitative estimate of drug-likeness (QED) is 0.878. The standard InChI is InChI=1S/C18H22ClN3/c1-3-4-15(20)16-17(22-14-9-10-14)11(2)21-18(16)12-5-7-13(19)8-6-12/h5-8,14,18,21H,2-4,9-10,20H2,1H3. The van der Waals surface area contributed by atoms with E-state index in [1.807, 2.05) is 24.3 Å². The Balaban J connectivity index is 2.03. The van der Waals surface area contributed by atoms with Crippen LogP contribution in [-0.2, 0) is 0 Å². The van der Waals surface area contributed by atoms with Gasteiger partial charge in [-0.15, -0.1) is 0 Å². The van der Waals surface area contributed by atoms with Crippen LogP contribution in [0.2, 0.25) is 5.02 Å². The first kappa shape index (κ1) is 15.2. The number of nitrogens with zero attached hydrogens (tertiary/aromatic N) is 1. The lowest BCUT2D eigenvalue weighted by atomic mass is 9.95.